The monoisotopic (exact) mass is 431 g/mol. The number of hydrogen-bond acceptors (Lipinski definition) is 3. The number of hydrogen-bond donors (Lipinski definition) is 1. The van der Waals surface area contributed by atoms with Gasteiger partial charge in [-0.1, -0.05) is 66.7 Å². The molecule has 156 valence electrons. The van der Waals surface area contributed by atoms with Crippen molar-refractivity contribution in [2.45, 2.75) is 16.2 Å². The molecule has 0 spiro atoms. The Labute approximate surface area is 185 Å². The van der Waals surface area contributed by atoms with Crippen molar-refractivity contribution in [3.63, 3.8) is 0 Å². The van der Waals surface area contributed by atoms with E-state index in [-0.39, 0.29) is 11.7 Å². The lowest BCUT2D eigenvalue weighted by molar-refractivity contribution is -0.121. The molecule has 2 unspecified atom stereocenters. The van der Waals surface area contributed by atoms with E-state index >= 15 is 0 Å². The third-order valence-corrected chi connectivity index (χ3v) is 6.22. The highest BCUT2D eigenvalue weighted by molar-refractivity contribution is 8.00. The van der Waals surface area contributed by atoms with E-state index in [2.05, 4.69) is 10.3 Å². The van der Waals surface area contributed by atoms with Gasteiger partial charge in [-0.05, 0) is 23.8 Å². The zero-order valence-corrected chi connectivity index (χ0v) is 17.8. The first-order chi connectivity index (χ1) is 15.1. The highest BCUT2D eigenvalue weighted by Gasteiger charge is 2.28. The summed E-state index contributed by atoms with van der Waals surface area (Å²) in [6, 6.07) is 25.1. The van der Waals surface area contributed by atoms with Crippen molar-refractivity contribution in [3.8, 4) is 0 Å². The highest BCUT2D eigenvalue weighted by atomic mass is 32.2. The first kappa shape index (κ1) is 20.9. The van der Waals surface area contributed by atoms with E-state index in [0.717, 1.165) is 10.5 Å². The number of carbonyl (C=O) groups excluding carboxylic acids is 1. The van der Waals surface area contributed by atoms with Crippen molar-refractivity contribution >= 4 is 17.7 Å². The number of aryl methyl sites for hydroxylation is 1. The molecule has 0 aliphatic carbocycles. The molecule has 2 atom stereocenters. The number of rotatable bonds is 7. The standard InChI is InChI=1S/C25H22FN3OS/c1-29-17-16-27-24(29)22(20-14-8-9-15-21(20)26)28-25(30)23(18-10-4-2-5-11-18)31-19-12-6-3-7-13-19/h2-17,22-23H,1H3,(H,28,30). The molecule has 3 aromatic carbocycles. The zero-order chi connectivity index (χ0) is 21.6. The van der Waals surface area contributed by atoms with Gasteiger partial charge in [-0.25, -0.2) is 9.37 Å². The molecule has 0 radical (unpaired) electrons. The summed E-state index contributed by atoms with van der Waals surface area (Å²) >= 11 is 1.46. The van der Waals surface area contributed by atoms with Gasteiger partial charge >= 0.3 is 0 Å². The molecule has 0 bridgehead atoms. The maximum Gasteiger partial charge on any atom is 0.238 e. The van der Waals surface area contributed by atoms with Crippen LogP contribution in [0, 0.1) is 5.82 Å². The summed E-state index contributed by atoms with van der Waals surface area (Å²) in [4.78, 5) is 18.9. The van der Waals surface area contributed by atoms with E-state index < -0.39 is 11.3 Å². The second kappa shape index (κ2) is 9.62. The van der Waals surface area contributed by atoms with Gasteiger partial charge in [0.05, 0.1) is 0 Å². The molecular formula is C25H22FN3OS. The van der Waals surface area contributed by atoms with Crippen molar-refractivity contribution in [1.29, 1.82) is 0 Å². The summed E-state index contributed by atoms with van der Waals surface area (Å²) in [5.74, 6) is -0.0333. The van der Waals surface area contributed by atoms with E-state index in [1.807, 2.05) is 67.7 Å². The molecule has 0 fully saturated rings. The quantitative estimate of drug-likeness (QED) is 0.404. The van der Waals surface area contributed by atoms with Gasteiger partial charge in [0.1, 0.15) is 22.9 Å². The number of nitrogens with zero attached hydrogens (tertiary/aromatic N) is 2. The lowest BCUT2D eigenvalue weighted by atomic mass is 10.0. The van der Waals surface area contributed by atoms with Crippen LogP contribution in [0.15, 0.2) is 102 Å². The van der Waals surface area contributed by atoms with Crippen molar-refractivity contribution in [2.24, 2.45) is 7.05 Å². The van der Waals surface area contributed by atoms with Gasteiger partial charge in [-0.3, -0.25) is 4.79 Å². The molecular weight excluding hydrogens is 409 g/mol. The predicted molar refractivity (Wildman–Crippen MR) is 121 cm³/mol. The fourth-order valence-corrected chi connectivity index (χ4v) is 4.45. The summed E-state index contributed by atoms with van der Waals surface area (Å²) in [6.07, 6.45) is 3.42. The van der Waals surface area contributed by atoms with Crippen LogP contribution in [0.2, 0.25) is 0 Å². The molecule has 0 saturated heterocycles. The topological polar surface area (TPSA) is 46.9 Å². The first-order valence-corrected chi connectivity index (χ1v) is 10.8. The number of aromatic nitrogens is 2. The summed E-state index contributed by atoms with van der Waals surface area (Å²) in [5, 5.41) is 2.55. The largest absolute Gasteiger partial charge is 0.341 e. The number of carbonyl (C=O) groups is 1. The van der Waals surface area contributed by atoms with E-state index in [1.165, 1.54) is 17.8 Å². The summed E-state index contributed by atoms with van der Waals surface area (Å²) in [5.41, 5.74) is 1.25. The van der Waals surface area contributed by atoms with Crippen LogP contribution in [0.5, 0.6) is 0 Å². The molecule has 0 saturated carbocycles. The summed E-state index contributed by atoms with van der Waals surface area (Å²) in [7, 11) is 1.83. The Morgan fingerprint density at radius 3 is 2.26 bits per heavy atom. The molecule has 4 nitrogen and oxygen atoms in total. The van der Waals surface area contributed by atoms with Crippen molar-refractivity contribution in [3.05, 3.63) is 120 Å². The van der Waals surface area contributed by atoms with Crippen molar-refractivity contribution < 1.29 is 9.18 Å². The van der Waals surface area contributed by atoms with Crippen LogP contribution >= 0.6 is 11.8 Å². The number of benzene rings is 3. The van der Waals surface area contributed by atoms with Gasteiger partial charge in [0.25, 0.3) is 0 Å². The minimum Gasteiger partial charge on any atom is -0.341 e. The maximum absolute atomic E-state index is 14.7. The Balaban J connectivity index is 1.69. The van der Waals surface area contributed by atoms with Crippen molar-refractivity contribution in [1.82, 2.24) is 14.9 Å². The lowest BCUT2D eigenvalue weighted by Gasteiger charge is -2.23. The van der Waals surface area contributed by atoms with E-state index in [1.54, 1.807) is 35.2 Å². The molecule has 4 aromatic rings. The SMILES string of the molecule is Cn1ccnc1C(NC(=O)C(Sc1ccccc1)c1ccccc1)c1ccccc1F. The average Bonchev–Trinajstić information content (AvgIpc) is 3.23. The highest BCUT2D eigenvalue weighted by Crippen LogP contribution is 2.36. The Morgan fingerprint density at radius 2 is 1.61 bits per heavy atom. The minimum absolute atomic E-state index is 0.212. The van der Waals surface area contributed by atoms with Gasteiger partial charge in [-0.2, -0.15) is 0 Å². The van der Waals surface area contributed by atoms with Crippen LogP contribution < -0.4 is 5.32 Å². The van der Waals surface area contributed by atoms with Gasteiger partial charge in [-0.15, -0.1) is 11.8 Å². The van der Waals surface area contributed by atoms with Gasteiger partial charge in [0.15, 0.2) is 0 Å². The molecule has 0 aliphatic rings. The van der Waals surface area contributed by atoms with Crippen molar-refractivity contribution in [2.75, 3.05) is 0 Å². The molecule has 4 rings (SSSR count). The first-order valence-electron chi connectivity index (χ1n) is 9.92. The van der Waals surface area contributed by atoms with Gasteiger partial charge in [0.2, 0.25) is 5.91 Å². The van der Waals surface area contributed by atoms with Crippen LogP contribution in [-0.2, 0) is 11.8 Å². The van der Waals surface area contributed by atoms with E-state index in [9.17, 15) is 9.18 Å². The van der Waals surface area contributed by atoms with Gasteiger partial charge in [0, 0.05) is 29.9 Å². The Bertz CT molecular complexity index is 1150. The second-order valence-electron chi connectivity index (χ2n) is 7.08. The maximum atomic E-state index is 14.7. The molecule has 31 heavy (non-hydrogen) atoms. The molecule has 1 heterocycles. The average molecular weight is 432 g/mol. The Hall–Kier alpha value is -3.38. The zero-order valence-electron chi connectivity index (χ0n) is 17.0. The predicted octanol–water partition coefficient (Wildman–Crippen LogP) is 5.30. The lowest BCUT2D eigenvalue weighted by Crippen LogP contribution is -2.34. The normalized spacial score (nSPS) is 12.8. The summed E-state index contributed by atoms with van der Waals surface area (Å²) < 4.78 is 16.5. The Kier molecular flexibility index (Phi) is 6.48. The second-order valence-corrected chi connectivity index (χ2v) is 8.26. The smallest absolute Gasteiger partial charge is 0.238 e. The minimum atomic E-state index is -0.712. The molecule has 1 amide bonds. The van der Waals surface area contributed by atoms with E-state index in [4.69, 9.17) is 0 Å². The number of halogens is 1. The van der Waals surface area contributed by atoms with Crippen LogP contribution in [-0.4, -0.2) is 15.5 Å². The number of nitrogens with one attached hydrogen (secondary N) is 1. The van der Waals surface area contributed by atoms with Crippen LogP contribution in [0.1, 0.15) is 28.2 Å². The van der Waals surface area contributed by atoms with Crippen LogP contribution in [0.3, 0.4) is 0 Å². The third-order valence-electron chi connectivity index (χ3n) is 4.96. The molecule has 0 aliphatic heterocycles. The summed E-state index contributed by atoms with van der Waals surface area (Å²) in [6.45, 7) is 0. The molecule has 1 aromatic heterocycles. The van der Waals surface area contributed by atoms with Crippen LogP contribution in [0.25, 0.3) is 0 Å². The fraction of sp³-hybridized carbons (Fsp3) is 0.120. The van der Waals surface area contributed by atoms with Gasteiger partial charge < -0.3 is 9.88 Å². The number of imidazole rings is 1. The molecule has 1 N–H and O–H groups in total. The molecule has 6 heteroatoms. The van der Waals surface area contributed by atoms with Crippen LogP contribution in [0.4, 0.5) is 4.39 Å². The van der Waals surface area contributed by atoms with E-state index in [0.29, 0.717) is 11.4 Å². The third kappa shape index (κ3) is 4.86. The number of amides is 1. The fourth-order valence-electron chi connectivity index (χ4n) is 3.40. The Morgan fingerprint density at radius 1 is 0.968 bits per heavy atom. The number of thioether (sulfide) groups is 1.